The van der Waals surface area contributed by atoms with E-state index in [-0.39, 0.29) is 22.4 Å². The number of hydrogen-bond donors (Lipinski definition) is 2. The van der Waals surface area contributed by atoms with Gasteiger partial charge in [-0.2, -0.15) is 0 Å². The van der Waals surface area contributed by atoms with E-state index < -0.39 is 0 Å². The third kappa shape index (κ3) is 3.31. The molecule has 0 saturated heterocycles. The van der Waals surface area contributed by atoms with Gasteiger partial charge in [-0.1, -0.05) is 12.1 Å². The topological polar surface area (TPSA) is 75.4 Å². The molecule has 0 heterocycles. The van der Waals surface area contributed by atoms with E-state index >= 15 is 0 Å². The number of nitro groups is 1. The molecule has 0 saturated carbocycles. The monoisotopic (exact) mass is 286 g/mol. The molecule has 2 aromatic carbocycles. The van der Waals surface area contributed by atoms with Crippen LogP contribution in [0.15, 0.2) is 36.4 Å². The number of nitro benzene ring substituents is 1. The Morgan fingerprint density at radius 3 is 2.33 bits per heavy atom. The van der Waals surface area contributed by atoms with Crippen LogP contribution in [0.5, 0.6) is 5.75 Å². The highest BCUT2D eigenvalue weighted by molar-refractivity contribution is 5.60. The van der Waals surface area contributed by atoms with Gasteiger partial charge in [0.25, 0.3) is 5.69 Å². The lowest BCUT2D eigenvalue weighted by Gasteiger charge is -2.18. The van der Waals surface area contributed by atoms with Gasteiger partial charge >= 0.3 is 0 Å². The second kappa shape index (κ2) is 5.83. The number of nitrogens with one attached hydrogen (secondary N) is 1. The van der Waals surface area contributed by atoms with Gasteiger partial charge in [0.05, 0.1) is 4.92 Å². The lowest BCUT2D eigenvalue weighted by Crippen LogP contribution is -2.08. The van der Waals surface area contributed by atoms with Crippen LogP contribution in [0, 0.1) is 24.0 Å². The van der Waals surface area contributed by atoms with E-state index in [1.54, 1.807) is 25.1 Å². The maximum Gasteiger partial charge on any atom is 0.274 e. The minimum atomic E-state index is -0.370. The van der Waals surface area contributed by atoms with Crippen LogP contribution < -0.4 is 5.32 Å². The molecule has 1 unspecified atom stereocenters. The van der Waals surface area contributed by atoms with Crippen molar-refractivity contribution in [1.29, 1.82) is 0 Å². The summed E-state index contributed by atoms with van der Waals surface area (Å²) in [4.78, 5) is 10.7. The highest BCUT2D eigenvalue weighted by atomic mass is 16.6. The number of phenolic OH excluding ortho intramolecular Hbond substituents is 1. The van der Waals surface area contributed by atoms with Gasteiger partial charge in [-0.05, 0) is 50.1 Å². The Hall–Kier alpha value is -2.56. The number of rotatable bonds is 4. The van der Waals surface area contributed by atoms with Crippen LogP contribution in [0.2, 0.25) is 0 Å². The van der Waals surface area contributed by atoms with Crippen LogP contribution in [0.25, 0.3) is 0 Å². The van der Waals surface area contributed by atoms with Crippen molar-refractivity contribution in [1.82, 2.24) is 0 Å². The van der Waals surface area contributed by atoms with Gasteiger partial charge in [0.2, 0.25) is 0 Å². The van der Waals surface area contributed by atoms with Crippen molar-refractivity contribution >= 4 is 11.4 Å². The first-order valence-corrected chi connectivity index (χ1v) is 6.69. The van der Waals surface area contributed by atoms with E-state index in [1.807, 2.05) is 32.0 Å². The Balaban J connectivity index is 2.28. The van der Waals surface area contributed by atoms with E-state index in [2.05, 4.69) is 5.32 Å². The fourth-order valence-electron chi connectivity index (χ4n) is 2.27. The van der Waals surface area contributed by atoms with Crippen LogP contribution >= 0.6 is 0 Å². The number of phenols is 1. The lowest BCUT2D eigenvalue weighted by molar-refractivity contribution is -0.385. The summed E-state index contributed by atoms with van der Waals surface area (Å²) in [5.41, 5.74) is 3.47. The maximum absolute atomic E-state index is 11.0. The molecule has 5 nitrogen and oxygen atoms in total. The largest absolute Gasteiger partial charge is 0.508 e. The summed E-state index contributed by atoms with van der Waals surface area (Å²) in [6.07, 6.45) is 0. The van der Waals surface area contributed by atoms with Gasteiger partial charge in [-0.3, -0.25) is 10.1 Å². The van der Waals surface area contributed by atoms with Crippen molar-refractivity contribution in [3.05, 3.63) is 63.2 Å². The number of hydrogen-bond acceptors (Lipinski definition) is 4. The summed E-state index contributed by atoms with van der Waals surface area (Å²) in [5, 5.41) is 23.6. The predicted molar refractivity (Wildman–Crippen MR) is 82.7 cm³/mol. The first-order valence-electron chi connectivity index (χ1n) is 6.69. The zero-order valence-corrected chi connectivity index (χ0v) is 12.3. The number of nitrogens with zero attached hydrogens (tertiary/aromatic N) is 1. The summed E-state index contributed by atoms with van der Waals surface area (Å²) >= 11 is 0. The molecule has 5 heteroatoms. The third-order valence-electron chi connectivity index (χ3n) is 3.50. The normalized spacial score (nSPS) is 12.0. The van der Waals surface area contributed by atoms with Crippen LogP contribution in [0.3, 0.4) is 0 Å². The average molecular weight is 286 g/mol. The van der Waals surface area contributed by atoms with Gasteiger partial charge in [0, 0.05) is 23.4 Å². The molecular formula is C16H18N2O3. The Bertz CT molecular complexity index is 666. The Labute approximate surface area is 123 Å². The SMILES string of the molecule is Cc1cc(C)c([N+](=O)[O-])cc1NC(C)c1ccc(O)cc1. The maximum atomic E-state index is 11.0. The van der Waals surface area contributed by atoms with E-state index in [0.29, 0.717) is 5.56 Å². The summed E-state index contributed by atoms with van der Waals surface area (Å²) in [5.74, 6) is 0.216. The molecule has 0 spiro atoms. The molecule has 21 heavy (non-hydrogen) atoms. The molecule has 110 valence electrons. The van der Waals surface area contributed by atoms with Crippen LogP contribution in [0.4, 0.5) is 11.4 Å². The minimum Gasteiger partial charge on any atom is -0.508 e. The van der Waals surface area contributed by atoms with Crippen LogP contribution in [0.1, 0.15) is 29.7 Å². The first kappa shape index (κ1) is 14.8. The molecule has 1 atom stereocenters. The fourth-order valence-corrected chi connectivity index (χ4v) is 2.27. The highest BCUT2D eigenvalue weighted by Crippen LogP contribution is 2.29. The fraction of sp³-hybridized carbons (Fsp3) is 0.250. The Morgan fingerprint density at radius 2 is 1.76 bits per heavy atom. The molecule has 0 radical (unpaired) electrons. The van der Waals surface area contributed by atoms with Crippen molar-refractivity contribution in [2.45, 2.75) is 26.8 Å². The number of anilines is 1. The lowest BCUT2D eigenvalue weighted by atomic mass is 10.0. The molecule has 2 rings (SSSR count). The van der Waals surface area contributed by atoms with Gasteiger partial charge in [0.1, 0.15) is 5.75 Å². The van der Waals surface area contributed by atoms with E-state index in [1.165, 1.54) is 0 Å². The number of aromatic hydroxyl groups is 1. The number of aryl methyl sites for hydroxylation is 2. The molecule has 2 N–H and O–H groups in total. The Kier molecular flexibility index (Phi) is 4.12. The number of benzene rings is 2. The molecule has 0 aromatic heterocycles. The molecule has 0 aliphatic rings. The van der Waals surface area contributed by atoms with Crippen molar-refractivity contribution in [2.24, 2.45) is 0 Å². The molecule has 0 aliphatic carbocycles. The van der Waals surface area contributed by atoms with Gasteiger partial charge in [-0.15, -0.1) is 0 Å². The molecule has 0 aliphatic heterocycles. The summed E-state index contributed by atoms with van der Waals surface area (Å²) in [7, 11) is 0. The first-order chi connectivity index (χ1) is 9.88. The minimum absolute atomic E-state index is 0.0217. The second-order valence-electron chi connectivity index (χ2n) is 5.17. The molecular weight excluding hydrogens is 268 g/mol. The smallest absolute Gasteiger partial charge is 0.274 e. The van der Waals surface area contributed by atoms with Gasteiger partial charge in [0.15, 0.2) is 0 Å². The quantitative estimate of drug-likeness (QED) is 0.655. The van der Waals surface area contributed by atoms with Crippen LogP contribution in [-0.4, -0.2) is 10.0 Å². The molecule has 0 fully saturated rings. The molecule has 0 amide bonds. The predicted octanol–water partition coefficient (Wildman–Crippen LogP) is 4.09. The van der Waals surface area contributed by atoms with Crippen molar-refractivity contribution in [2.75, 3.05) is 5.32 Å². The average Bonchev–Trinajstić information content (AvgIpc) is 2.42. The van der Waals surface area contributed by atoms with Crippen molar-refractivity contribution < 1.29 is 10.0 Å². The van der Waals surface area contributed by atoms with Gasteiger partial charge < -0.3 is 10.4 Å². The standard InChI is InChI=1S/C16H18N2O3/c1-10-8-11(2)16(18(20)21)9-15(10)17-12(3)13-4-6-14(19)7-5-13/h4-9,12,17,19H,1-3H3. The van der Waals surface area contributed by atoms with E-state index in [4.69, 9.17) is 0 Å². The summed E-state index contributed by atoms with van der Waals surface area (Å²) in [6, 6.07) is 10.3. The Morgan fingerprint density at radius 1 is 1.14 bits per heavy atom. The van der Waals surface area contributed by atoms with E-state index in [9.17, 15) is 15.2 Å². The molecule has 2 aromatic rings. The highest BCUT2D eigenvalue weighted by Gasteiger charge is 2.15. The zero-order valence-electron chi connectivity index (χ0n) is 12.3. The third-order valence-corrected chi connectivity index (χ3v) is 3.50. The zero-order chi connectivity index (χ0) is 15.6. The summed E-state index contributed by atoms with van der Waals surface area (Å²) < 4.78 is 0. The summed E-state index contributed by atoms with van der Waals surface area (Å²) in [6.45, 7) is 5.62. The van der Waals surface area contributed by atoms with Crippen molar-refractivity contribution in [3.8, 4) is 5.75 Å². The van der Waals surface area contributed by atoms with Crippen LogP contribution in [-0.2, 0) is 0 Å². The molecule has 0 bridgehead atoms. The van der Waals surface area contributed by atoms with Crippen molar-refractivity contribution in [3.63, 3.8) is 0 Å². The van der Waals surface area contributed by atoms with Gasteiger partial charge in [-0.25, -0.2) is 0 Å². The van der Waals surface area contributed by atoms with E-state index in [0.717, 1.165) is 16.8 Å². The second-order valence-corrected chi connectivity index (χ2v) is 5.17.